The molecule has 0 aliphatic carbocycles. The van der Waals surface area contributed by atoms with Crippen LogP contribution in [0.2, 0.25) is 0 Å². The number of hydrogen-bond acceptors (Lipinski definition) is 2. The Morgan fingerprint density at radius 2 is 2.00 bits per heavy atom. The largest absolute Gasteiger partial charge is 0.469 e. The highest BCUT2D eigenvalue weighted by Gasteiger charge is 2.18. The van der Waals surface area contributed by atoms with E-state index in [0.29, 0.717) is 16.9 Å². The lowest BCUT2D eigenvalue weighted by atomic mass is 10.0. The Bertz CT molecular complexity index is 734. The third-order valence-electron chi connectivity index (χ3n) is 3.26. The number of hydrogen-bond donors (Lipinski definition) is 1. The van der Waals surface area contributed by atoms with Gasteiger partial charge in [-0.2, -0.15) is 0 Å². The summed E-state index contributed by atoms with van der Waals surface area (Å²) in [5.41, 5.74) is 3.41. The zero-order chi connectivity index (χ0) is 12.7. The molecule has 0 bridgehead atoms. The lowest BCUT2D eigenvalue weighted by Gasteiger charge is -2.00. The molecule has 90 valence electrons. The van der Waals surface area contributed by atoms with Gasteiger partial charge in [-0.1, -0.05) is 12.1 Å². The van der Waals surface area contributed by atoms with Crippen LogP contribution in [0.1, 0.15) is 27.2 Å². The van der Waals surface area contributed by atoms with E-state index in [-0.39, 0.29) is 5.78 Å². The predicted molar refractivity (Wildman–Crippen MR) is 69.9 cm³/mol. The maximum Gasteiger partial charge on any atom is 0.198 e. The molecule has 1 aromatic carbocycles. The van der Waals surface area contributed by atoms with Crippen molar-refractivity contribution in [2.45, 2.75) is 13.8 Å². The fourth-order valence-electron chi connectivity index (χ4n) is 2.31. The number of benzene rings is 1. The zero-order valence-electron chi connectivity index (χ0n) is 10.3. The van der Waals surface area contributed by atoms with Gasteiger partial charge in [0, 0.05) is 22.7 Å². The van der Waals surface area contributed by atoms with Gasteiger partial charge < -0.3 is 9.40 Å². The Morgan fingerprint density at radius 1 is 1.17 bits per heavy atom. The van der Waals surface area contributed by atoms with Crippen LogP contribution in [0.3, 0.4) is 0 Å². The number of nitrogens with one attached hydrogen (secondary N) is 1. The van der Waals surface area contributed by atoms with E-state index < -0.39 is 0 Å². The van der Waals surface area contributed by atoms with Gasteiger partial charge >= 0.3 is 0 Å². The van der Waals surface area contributed by atoms with Crippen LogP contribution in [0.15, 0.2) is 41.1 Å². The Kier molecular flexibility index (Phi) is 2.33. The van der Waals surface area contributed by atoms with Gasteiger partial charge in [0.2, 0.25) is 0 Å². The van der Waals surface area contributed by atoms with Gasteiger partial charge in [-0.3, -0.25) is 4.79 Å². The number of carbonyl (C=O) groups excluding carboxylic acids is 1. The molecule has 3 nitrogen and oxygen atoms in total. The molecular formula is C15H13NO2. The molecule has 0 aliphatic rings. The van der Waals surface area contributed by atoms with Gasteiger partial charge in [0.05, 0.1) is 11.8 Å². The molecule has 18 heavy (non-hydrogen) atoms. The predicted octanol–water partition coefficient (Wildman–Crippen LogP) is 3.61. The smallest absolute Gasteiger partial charge is 0.198 e. The topological polar surface area (TPSA) is 46.0 Å². The van der Waals surface area contributed by atoms with E-state index in [1.807, 2.05) is 25.1 Å². The first-order chi connectivity index (χ1) is 8.68. The summed E-state index contributed by atoms with van der Waals surface area (Å²) in [7, 11) is 0. The summed E-state index contributed by atoms with van der Waals surface area (Å²) in [6.07, 6.45) is 3.32. The van der Waals surface area contributed by atoms with Crippen LogP contribution in [0, 0.1) is 13.8 Å². The van der Waals surface area contributed by atoms with Crippen molar-refractivity contribution < 1.29 is 9.21 Å². The first-order valence-corrected chi connectivity index (χ1v) is 5.84. The maximum atomic E-state index is 12.5. The minimum Gasteiger partial charge on any atom is -0.469 e. The monoisotopic (exact) mass is 239 g/mol. The van der Waals surface area contributed by atoms with Gasteiger partial charge in [-0.15, -0.1) is 0 Å². The van der Waals surface area contributed by atoms with E-state index in [4.69, 9.17) is 4.42 Å². The molecule has 2 heterocycles. The first kappa shape index (κ1) is 10.8. The zero-order valence-corrected chi connectivity index (χ0v) is 10.3. The molecule has 0 saturated carbocycles. The Hall–Kier alpha value is -2.29. The van der Waals surface area contributed by atoms with E-state index >= 15 is 0 Å². The molecule has 0 spiro atoms. The van der Waals surface area contributed by atoms with Crippen molar-refractivity contribution >= 4 is 16.7 Å². The second kappa shape index (κ2) is 3.88. The van der Waals surface area contributed by atoms with Crippen LogP contribution < -0.4 is 0 Å². The van der Waals surface area contributed by atoms with Gasteiger partial charge in [0.25, 0.3) is 0 Å². The average molecular weight is 239 g/mol. The lowest BCUT2D eigenvalue weighted by molar-refractivity contribution is 0.103. The summed E-state index contributed by atoms with van der Waals surface area (Å²) in [4.78, 5) is 15.6. The third kappa shape index (κ3) is 1.48. The average Bonchev–Trinajstić information content (AvgIpc) is 2.95. The van der Waals surface area contributed by atoms with E-state index in [1.54, 1.807) is 25.5 Å². The van der Waals surface area contributed by atoms with Crippen molar-refractivity contribution in [2.24, 2.45) is 0 Å². The summed E-state index contributed by atoms with van der Waals surface area (Å²) in [6, 6.07) is 7.68. The van der Waals surface area contributed by atoms with Crippen LogP contribution in [-0.2, 0) is 0 Å². The SMILES string of the molecule is Cc1occc1C(=O)c1c[nH]c2cccc(C)c12. The summed E-state index contributed by atoms with van der Waals surface area (Å²) >= 11 is 0. The van der Waals surface area contributed by atoms with Gasteiger partial charge in [0.15, 0.2) is 5.78 Å². The van der Waals surface area contributed by atoms with Crippen LogP contribution in [-0.4, -0.2) is 10.8 Å². The summed E-state index contributed by atoms with van der Waals surface area (Å²) in [6.45, 7) is 3.81. The molecule has 0 atom stereocenters. The number of H-pyrrole nitrogens is 1. The molecule has 0 aliphatic heterocycles. The molecule has 1 N–H and O–H groups in total. The first-order valence-electron chi connectivity index (χ1n) is 5.84. The second-order valence-electron chi connectivity index (χ2n) is 4.42. The minimum atomic E-state index is 0.00167. The number of ketones is 1. The summed E-state index contributed by atoms with van der Waals surface area (Å²) < 4.78 is 5.19. The quantitative estimate of drug-likeness (QED) is 0.694. The van der Waals surface area contributed by atoms with Crippen molar-refractivity contribution in [1.29, 1.82) is 0 Å². The molecule has 0 radical (unpaired) electrons. The Morgan fingerprint density at radius 3 is 2.72 bits per heavy atom. The lowest BCUT2D eigenvalue weighted by Crippen LogP contribution is -2.00. The van der Waals surface area contributed by atoms with E-state index in [0.717, 1.165) is 16.5 Å². The fraction of sp³-hybridized carbons (Fsp3) is 0.133. The van der Waals surface area contributed by atoms with E-state index in [9.17, 15) is 4.79 Å². The van der Waals surface area contributed by atoms with Crippen molar-refractivity contribution in [3.8, 4) is 0 Å². The number of aromatic amines is 1. The highest BCUT2D eigenvalue weighted by Crippen LogP contribution is 2.25. The fourth-order valence-corrected chi connectivity index (χ4v) is 2.31. The molecule has 0 fully saturated rings. The van der Waals surface area contributed by atoms with Crippen LogP contribution in [0.25, 0.3) is 10.9 Å². The number of rotatable bonds is 2. The Labute approximate surface area is 104 Å². The van der Waals surface area contributed by atoms with Crippen molar-refractivity contribution in [3.05, 3.63) is 59.2 Å². The normalized spacial score (nSPS) is 11.0. The summed E-state index contributed by atoms with van der Waals surface area (Å²) in [5.74, 6) is 0.657. The van der Waals surface area contributed by atoms with Crippen molar-refractivity contribution in [2.75, 3.05) is 0 Å². The van der Waals surface area contributed by atoms with Crippen molar-refractivity contribution in [3.63, 3.8) is 0 Å². The highest BCUT2D eigenvalue weighted by atomic mass is 16.3. The molecule has 3 heteroatoms. The maximum absolute atomic E-state index is 12.5. The minimum absolute atomic E-state index is 0.00167. The molecule has 0 unspecified atom stereocenters. The highest BCUT2D eigenvalue weighted by molar-refractivity contribution is 6.17. The second-order valence-corrected chi connectivity index (χ2v) is 4.42. The number of furan rings is 1. The molecule has 3 rings (SSSR count). The third-order valence-corrected chi connectivity index (χ3v) is 3.26. The van der Waals surface area contributed by atoms with Gasteiger partial charge in [0.1, 0.15) is 5.76 Å². The number of aryl methyl sites for hydroxylation is 2. The molecule has 3 aromatic rings. The number of carbonyl (C=O) groups is 1. The van der Waals surface area contributed by atoms with Crippen molar-refractivity contribution in [1.82, 2.24) is 4.98 Å². The number of aromatic nitrogens is 1. The van der Waals surface area contributed by atoms with Crippen LogP contribution >= 0.6 is 0 Å². The molecule has 0 amide bonds. The van der Waals surface area contributed by atoms with Crippen LogP contribution in [0.5, 0.6) is 0 Å². The Balaban J connectivity index is 2.22. The van der Waals surface area contributed by atoms with E-state index in [1.165, 1.54) is 0 Å². The van der Waals surface area contributed by atoms with Gasteiger partial charge in [-0.25, -0.2) is 0 Å². The molecule has 2 aromatic heterocycles. The van der Waals surface area contributed by atoms with Gasteiger partial charge in [-0.05, 0) is 31.5 Å². The summed E-state index contributed by atoms with van der Waals surface area (Å²) in [5, 5.41) is 0.989. The van der Waals surface area contributed by atoms with E-state index in [2.05, 4.69) is 4.98 Å². The molecular weight excluding hydrogens is 226 g/mol. The number of fused-ring (bicyclic) bond motifs is 1. The standard InChI is InChI=1S/C15H13NO2/c1-9-4-3-5-13-14(9)12(8-16-13)15(17)11-6-7-18-10(11)2/h3-8,16H,1-2H3. The molecule has 0 saturated heterocycles. The van der Waals surface area contributed by atoms with Crippen LogP contribution in [0.4, 0.5) is 0 Å².